The zero-order valence-electron chi connectivity index (χ0n) is 8.77. The molecule has 4 rings (SSSR count). The van der Waals surface area contributed by atoms with Crippen LogP contribution in [0.15, 0.2) is 12.5 Å². The molecule has 0 aromatic carbocycles. The molecule has 0 unspecified atom stereocenters. The Morgan fingerprint density at radius 1 is 1.67 bits per heavy atom. The molecule has 4 nitrogen and oxygen atoms in total. The van der Waals surface area contributed by atoms with Gasteiger partial charge in [0.1, 0.15) is 0 Å². The molecule has 0 N–H and O–H groups in total. The van der Waals surface area contributed by atoms with Crippen LogP contribution in [0.25, 0.3) is 0 Å². The highest BCUT2D eigenvalue weighted by Crippen LogP contribution is 2.62. The van der Waals surface area contributed by atoms with Gasteiger partial charge in [0.2, 0.25) is 0 Å². The lowest BCUT2D eigenvalue weighted by molar-refractivity contribution is -0.0890. The molecule has 1 aromatic rings. The van der Waals surface area contributed by atoms with Gasteiger partial charge >= 0.3 is 5.97 Å². The van der Waals surface area contributed by atoms with Gasteiger partial charge in [0.05, 0.1) is 12.9 Å². The molecule has 3 aliphatic carbocycles. The summed E-state index contributed by atoms with van der Waals surface area (Å²) in [6.07, 6.45) is 7.36. The molecule has 0 spiro atoms. The lowest BCUT2D eigenvalue weighted by Crippen LogP contribution is -2.58. The van der Waals surface area contributed by atoms with Gasteiger partial charge in [-0.1, -0.05) is 0 Å². The van der Waals surface area contributed by atoms with Gasteiger partial charge in [-0.25, -0.2) is 9.78 Å². The van der Waals surface area contributed by atoms with Gasteiger partial charge in [0.25, 0.3) is 0 Å². The van der Waals surface area contributed by atoms with Crippen LogP contribution < -0.4 is 0 Å². The summed E-state index contributed by atoms with van der Waals surface area (Å²) in [5, 5.41) is 0. The molecule has 0 saturated heterocycles. The summed E-state index contributed by atoms with van der Waals surface area (Å²) in [6, 6.07) is 0. The fourth-order valence-corrected chi connectivity index (χ4v) is 2.64. The Balaban J connectivity index is 1.78. The van der Waals surface area contributed by atoms with Gasteiger partial charge in [-0.2, -0.15) is 0 Å². The molecule has 3 aliphatic rings. The molecule has 15 heavy (non-hydrogen) atoms. The predicted molar refractivity (Wildman–Crippen MR) is 53.5 cm³/mol. The van der Waals surface area contributed by atoms with Crippen LogP contribution in [-0.4, -0.2) is 22.1 Å². The Kier molecular flexibility index (Phi) is 1.69. The predicted octanol–water partition coefficient (Wildman–Crippen LogP) is 1.57. The van der Waals surface area contributed by atoms with Crippen molar-refractivity contribution in [3.8, 4) is 0 Å². The molecule has 80 valence electrons. The SMILES string of the molecule is CCOC(=O)c1cn(C23CC(C2)C3)cn1. The standard InChI is InChI=1S/C11H14N2O2/c1-2-15-10(14)9-6-13(7-12-9)11-3-8(4-11)5-11/h6-8H,2-5H2,1H3. The quantitative estimate of drug-likeness (QED) is 0.705. The third-order valence-electron chi connectivity index (χ3n) is 3.62. The zero-order chi connectivity index (χ0) is 10.5. The highest BCUT2D eigenvalue weighted by atomic mass is 16.5. The summed E-state index contributed by atoms with van der Waals surface area (Å²) >= 11 is 0. The summed E-state index contributed by atoms with van der Waals surface area (Å²) < 4.78 is 7.00. The molecule has 0 radical (unpaired) electrons. The van der Waals surface area contributed by atoms with E-state index in [9.17, 15) is 4.79 Å². The van der Waals surface area contributed by atoms with E-state index in [1.54, 1.807) is 13.3 Å². The van der Waals surface area contributed by atoms with Crippen LogP contribution in [0.2, 0.25) is 0 Å². The molecule has 3 saturated carbocycles. The van der Waals surface area contributed by atoms with E-state index in [-0.39, 0.29) is 5.97 Å². The molecule has 0 amide bonds. The van der Waals surface area contributed by atoms with E-state index in [1.165, 1.54) is 19.3 Å². The second-order valence-electron chi connectivity index (χ2n) is 4.59. The van der Waals surface area contributed by atoms with Gasteiger partial charge in [0, 0.05) is 11.7 Å². The number of rotatable bonds is 3. The Hall–Kier alpha value is -1.32. The maximum atomic E-state index is 11.4. The van der Waals surface area contributed by atoms with Crippen LogP contribution in [0, 0.1) is 5.92 Å². The van der Waals surface area contributed by atoms with E-state index < -0.39 is 0 Å². The van der Waals surface area contributed by atoms with Gasteiger partial charge < -0.3 is 9.30 Å². The van der Waals surface area contributed by atoms with Crippen molar-refractivity contribution in [1.29, 1.82) is 0 Å². The first kappa shape index (κ1) is 8.95. The second kappa shape index (κ2) is 2.84. The van der Waals surface area contributed by atoms with Crippen molar-refractivity contribution >= 4 is 5.97 Å². The first-order valence-electron chi connectivity index (χ1n) is 5.45. The maximum Gasteiger partial charge on any atom is 0.358 e. The van der Waals surface area contributed by atoms with Crippen molar-refractivity contribution in [3.05, 3.63) is 18.2 Å². The van der Waals surface area contributed by atoms with Crippen LogP contribution in [0.5, 0.6) is 0 Å². The van der Waals surface area contributed by atoms with Crippen LogP contribution in [0.1, 0.15) is 36.7 Å². The number of hydrogen-bond donors (Lipinski definition) is 0. The van der Waals surface area contributed by atoms with Crippen molar-refractivity contribution in [2.24, 2.45) is 5.92 Å². The Morgan fingerprint density at radius 3 is 2.93 bits per heavy atom. The maximum absolute atomic E-state index is 11.4. The third-order valence-corrected chi connectivity index (χ3v) is 3.62. The van der Waals surface area contributed by atoms with Gasteiger partial charge in [-0.05, 0) is 32.1 Å². The van der Waals surface area contributed by atoms with Crippen LogP contribution in [0.4, 0.5) is 0 Å². The van der Waals surface area contributed by atoms with Gasteiger partial charge in [0.15, 0.2) is 5.69 Å². The van der Waals surface area contributed by atoms with E-state index in [1.807, 2.05) is 6.20 Å². The number of aromatic nitrogens is 2. The summed E-state index contributed by atoms with van der Waals surface area (Å²) in [7, 11) is 0. The summed E-state index contributed by atoms with van der Waals surface area (Å²) in [4.78, 5) is 15.5. The lowest BCUT2D eigenvalue weighted by Gasteiger charge is -2.62. The average molecular weight is 206 g/mol. The van der Waals surface area contributed by atoms with E-state index in [0.29, 0.717) is 17.8 Å². The van der Waals surface area contributed by atoms with Gasteiger partial charge in [-0.15, -0.1) is 0 Å². The Labute approximate surface area is 88.3 Å². The molecule has 1 aromatic heterocycles. The summed E-state index contributed by atoms with van der Waals surface area (Å²) in [5.41, 5.74) is 0.740. The normalized spacial score (nSPS) is 31.7. The fraction of sp³-hybridized carbons (Fsp3) is 0.636. The number of hydrogen-bond acceptors (Lipinski definition) is 3. The van der Waals surface area contributed by atoms with Crippen molar-refractivity contribution in [1.82, 2.24) is 9.55 Å². The monoisotopic (exact) mass is 206 g/mol. The number of carbonyl (C=O) groups excluding carboxylic acids is 1. The van der Waals surface area contributed by atoms with Crippen molar-refractivity contribution in [3.63, 3.8) is 0 Å². The van der Waals surface area contributed by atoms with E-state index in [2.05, 4.69) is 9.55 Å². The molecule has 0 aliphatic heterocycles. The molecule has 1 heterocycles. The average Bonchev–Trinajstić information content (AvgIpc) is 2.48. The molecule has 0 atom stereocenters. The number of esters is 1. The molecular formula is C11H14N2O2. The van der Waals surface area contributed by atoms with Crippen molar-refractivity contribution < 1.29 is 9.53 Å². The fourth-order valence-electron chi connectivity index (χ4n) is 2.64. The minimum Gasteiger partial charge on any atom is -0.461 e. The highest BCUT2D eigenvalue weighted by molar-refractivity contribution is 5.86. The van der Waals surface area contributed by atoms with E-state index in [4.69, 9.17) is 4.74 Å². The summed E-state index contributed by atoms with van der Waals surface area (Å²) in [6.45, 7) is 2.20. The smallest absolute Gasteiger partial charge is 0.358 e. The van der Waals surface area contributed by atoms with Crippen LogP contribution in [-0.2, 0) is 10.3 Å². The second-order valence-corrected chi connectivity index (χ2v) is 4.59. The molecule has 4 heteroatoms. The summed E-state index contributed by atoms with van der Waals surface area (Å²) in [5.74, 6) is 0.612. The minimum atomic E-state index is -0.317. The topological polar surface area (TPSA) is 44.1 Å². The number of imidazole rings is 1. The van der Waals surface area contributed by atoms with E-state index in [0.717, 1.165) is 5.92 Å². The van der Waals surface area contributed by atoms with Crippen LogP contribution >= 0.6 is 0 Å². The van der Waals surface area contributed by atoms with Crippen LogP contribution in [0.3, 0.4) is 0 Å². The zero-order valence-corrected chi connectivity index (χ0v) is 8.77. The number of ether oxygens (including phenoxy) is 1. The Bertz CT molecular complexity index is 393. The van der Waals surface area contributed by atoms with Crippen molar-refractivity contribution in [2.75, 3.05) is 6.61 Å². The number of carbonyl (C=O) groups is 1. The third kappa shape index (κ3) is 1.14. The highest BCUT2D eigenvalue weighted by Gasteiger charge is 2.57. The first-order valence-corrected chi connectivity index (χ1v) is 5.45. The minimum absolute atomic E-state index is 0.308. The Morgan fingerprint density at radius 2 is 2.40 bits per heavy atom. The largest absolute Gasteiger partial charge is 0.461 e. The molecule has 3 fully saturated rings. The van der Waals surface area contributed by atoms with Crippen molar-refractivity contribution in [2.45, 2.75) is 31.7 Å². The molecule has 2 bridgehead atoms. The van der Waals surface area contributed by atoms with E-state index >= 15 is 0 Å². The number of nitrogens with zero attached hydrogens (tertiary/aromatic N) is 2. The molecular weight excluding hydrogens is 192 g/mol. The first-order chi connectivity index (χ1) is 7.23. The lowest BCUT2D eigenvalue weighted by atomic mass is 9.50. The van der Waals surface area contributed by atoms with Gasteiger partial charge in [-0.3, -0.25) is 0 Å².